The molecular formula is C11H14BrFNO2+. The van der Waals surface area contributed by atoms with E-state index in [1.54, 1.807) is 19.1 Å². The molecule has 0 aliphatic heterocycles. The summed E-state index contributed by atoms with van der Waals surface area (Å²) in [5, 5.41) is 0. The van der Waals surface area contributed by atoms with Gasteiger partial charge in [-0.1, -0.05) is 15.9 Å². The van der Waals surface area contributed by atoms with Gasteiger partial charge in [0.1, 0.15) is 18.3 Å². The Hall–Kier alpha value is -0.940. The van der Waals surface area contributed by atoms with Crippen LogP contribution in [0.25, 0.3) is 0 Å². The molecule has 3 N–H and O–H groups in total. The minimum absolute atomic E-state index is 0.0845. The SMILES string of the molecule is CCOC(=O)C[C@H]([NH3+])c1cc(Br)ccc1F. The van der Waals surface area contributed by atoms with Gasteiger partial charge in [0.15, 0.2) is 0 Å². The summed E-state index contributed by atoms with van der Waals surface area (Å²) in [6, 6.07) is 4.15. The van der Waals surface area contributed by atoms with Crippen LogP contribution in [0.4, 0.5) is 4.39 Å². The maximum absolute atomic E-state index is 13.4. The van der Waals surface area contributed by atoms with Gasteiger partial charge in [-0.05, 0) is 25.1 Å². The van der Waals surface area contributed by atoms with E-state index in [4.69, 9.17) is 4.74 Å². The number of carbonyl (C=O) groups is 1. The Bertz CT molecular complexity index is 384. The molecule has 0 fully saturated rings. The van der Waals surface area contributed by atoms with E-state index in [2.05, 4.69) is 21.7 Å². The first-order valence-corrected chi connectivity index (χ1v) is 5.77. The molecule has 0 saturated heterocycles. The van der Waals surface area contributed by atoms with E-state index < -0.39 is 6.04 Å². The quantitative estimate of drug-likeness (QED) is 0.860. The number of benzene rings is 1. The van der Waals surface area contributed by atoms with Crippen molar-refractivity contribution >= 4 is 21.9 Å². The summed E-state index contributed by atoms with van der Waals surface area (Å²) in [7, 11) is 0. The number of quaternary nitrogens is 1. The molecule has 1 rings (SSSR count). The molecule has 88 valence electrons. The summed E-state index contributed by atoms with van der Waals surface area (Å²) >= 11 is 3.25. The zero-order valence-corrected chi connectivity index (χ0v) is 10.6. The van der Waals surface area contributed by atoms with Crippen LogP contribution in [-0.2, 0) is 9.53 Å². The largest absolute Gasteiger partial charge is 0.466 e. The van der Waals surface area contributed by atoms with E-state index in [9.17, 15) is 9.18 Å². The third kappa shape index (κ3) is 3.57. The van der Waals surface area contributed by atoms with Gasteiger partial charge in [0.25, 0.3) is 0 Å². The fraction of sp³-hybridized carbons (Fsp3) is 0.364. The number of carbonyl (C=O) groups excluding carboxylic acids is 1. The molecule has 0 unspecified atom stereocenters. The van der Waals surface area contributed by atoms with Crippen molar-refractivity contribution in [1.82, 2.24) is 0 Å². The Morgan fingerprint density at radius 3 is 2.94 bits per heavy atom. The summed E-state index contributed by atoms with van der Waals surface area (Å²) in [6.45, 7) is 2.06. The van der Waals surface area contributed by atoms with E-state index in [1.165, 1.54) is 6.07 Å². The molecule has 1 aromatic rings. The van der Waals surface area contributed by atoms with Gasteiger partial charge in [-0.3, -0.25) is 4.79 Å². The normalized spacial score (nSPS) is 12.2. The second kappa shape index (κ2) is 5.96. The molecule has 0 amide bonds. The van der Waals surface area contributed by atoms with E-state index in [1.807, 2.05) is 0 Å². The molecule has 0 aromatic heterocycles. The van der Waals surface area contributed by atoms with Crippen LogP contribution in [0.2, 0.25) is 0 Å². The zero-order valence-electron chi connectivity index (χ0n) is 9.00. The number of esters is 1. The number of hydrogen-bond acceptors (Lipinski definition) is 2. The summed E-state index contributed by atoms with van der Waals surface area (Å²) in [5.41, 5.74) is 4.19. The fourth-order valence-corrected chi connectivity index (χ4v) is 1.74. The number of hydrogen-bond donors (Lipinski definition) is 1. The number of halogens is 2. The smallest absolute Gasteiger partial charge is 0.312 e. The molecule has 0 heterocycles. The lowest BCUT2D eigenvalue weighted by atomic mass is 10.0. The summed E-state index contributed by atoms with van der Waals surface area (Å²) in [5.74, 6) is -0.714. The first-order chi connectivity index (χ1) is 7.54. The van der Waals surface area contributed by atoms with Gasteiger partial charge in [0, 0.05) is 10.0 Å². The van der Waals surface area contributed by atoms with Crippen molar-refractivity contribution in [3.63, 3.8) is 0 Å². The first kappa shape index (κ1) is 13.1. The van der Waals surface area contributed by atoms with Crippen LogP contribution in [-0.4, -0.2) is 12.6 Å². The number of ether oxygens (including phenoxy) is 1. The van der Waals surface area contributed by atoms with Gasteiger partial charge >= 0.3 is 5.97 Å². The summed E-state index contributed by atoms with van der Waals surface area (Å²) < 4.78 is 19.0. The van der Waals surface area contributed by atoms with E-state index in [0.29, 0.717) is 12.2 Å². The first-order valence-electron chi connectivity index (χ1n) is 4.98. The predicted molar refractivity (Wildman–Crippen MR) is 61.0 cm³/mol. The van der Waals surface area contributed by atoms with Crippen LogP contribution < -0.4 is 5.73 Å². The minimum Gasteiger partial charge on any atom is -0.466 e. The molecule has 0 aliphatic rings. The van der Waals surface area contributed by atoms with Crippen molar-refractivity contribution < 1.29 is 19.7 Å². The highest BCUT2D eigenvalue weighted by Crippen LogP contribution is 2.21. The second-order valence-corrected chi connectivity index (χ2v) is 4.29. The lowest BCUT2D eigenvalue weighted by molar-refractivity contribution is -0.426. The molecule has 0 saturated carbocycles. The predicted octanol–water partition coefficient (Wildman–Crippen LogP) is 1.82. The maximum atomic E-state index is 13.4. The lowest BCUT2D eigenvalue weighted by Gasteiger charge is -2.09. The molecule has 3 nitrogen and oxygen atoms in total. The van der Waals surface area contributed by atoms with E-state index >= 15 is 0 Å². The van der Waals surface area contributed by atoms with Crippen molar-refractivity contribution in [1.29, 1.82) is 0 Å². The summed E-state index contributed by atoms with van der Waals surface area (Å²) in [4.78, 5) is 11.2. The molecule has 5 heteroatoms. The van der Waals surface area contributed by atoms with Crippen LogP contribution in [0, 0.1) is 5.82 Å². The summed E-state index contributed by atoms with van der Waals surface area (Å²) in [6.07, 6.45) is 0.0845. The van der Waals surface area contributed by atoms with Gasteiger partial charge in [-0.25, -0.2) is 4.39 Å². The molecule has 0 spiro atoms. The van der Waals surface area contributed by atoms with Crippen LogP contribution in [0.15, 0.2) is 22.7 Å². The second-order valence-electron chi connectivity index (χ2n) is 3.37. The van der Waals surface area contributed by atoms with Gasteiger partial charge < -0.3 is 10.5 Å². The average molecular weight is 291 g/mol. The highest BCUT2D eigenvalue weighted by molar-refractivity contribution is 9.10. The van der Waals surface area contributed by atoms with Crippen LogP contribution in [0.1, 0.15) is 24.9 Å². The van der Waals surface area contributed by atoms with Gasteiger partial charge in [0.2, 0.25) is 0 Å². The highest BCUT2D eigenvalue weighted by Gasteiger charge is 2.19. The van der Waals surface area contributed by atoms with Crippen LogP contribution >= 0.6 is 15.9 Å². The third-order valence-electron chi connectivity index (χ3n) is 2.12. The van der Waals surface area contributed by atoms with Crippen molar-refractivity contribution in [2.75, 3.05) is 6.61 Å². The van der Waals surface area contributed by atoms with E-state index in [-0.39, 0.29) is 18.2 Å². The molecule has 0 aliphatic carbocycles. The van der Waals surface area contributed by atoms with Crippen LogP contribution in [0.5, 0.6) is 0 Å². The van der Waals surface area contributed by atoms with Crippen molar-refractivity contribution in [2.45, 2.75) is 19.4 Å². The Morgan fingerprint density at radius 2 is 2.31 bits per heavy atom. The Labute approximate surface area is 102 Å². The Morgan fingerprint density at radius 1 is 1.62 bits per heavy atom. The average Bonchev–Trinajstić information content (AvgIpc) is 2.21. The maximum Gasteiger partial charge on any atom is 0.312 e. The minimum atomic E-state index is -0.434. The number of rotatable bonds is 4. The molecular weight excluding hydrogens is 277 g/mol. The molecule has 1 atom stereocenters. The monoisotopic (exact) mass is 290 g/mol. The van der Waals surface area contributed by atoms with Gasteiger partial charge in [-0.2, -0.15) is 0 Å². The van der Waals surface area contributed by atoms with Crippen molar-refractivity contribution in [2.24, 2.45) is 0 Å². The van der Waals surface area contributed by atoms with Crippen molar-refractivity contribution in [3.8, 4) is 0 Å². The standard InChI is InChI=1S/C11H13BrFNO2/c1-2-16-11(15)6-10(14)8-5-7(12)3-4-9(8)13/h3-5,10H,2,6,14H2,1H3/p+1/t10-/m0/s1. The Balaban J connectivity index is 2.76. The molecule has 0 radical (unpaired) electrons. The molecule has 1 aromatic carbocycles. The highest BCUT2D eigenvalue weighted by atomic mass is 79.9. The van der Waals surface area contributed by atoms with Crippen molar-refractivity contribution in [3.05, 3.63) is 34.1 Å². The zero-order chi connectivity index (χ0) is 12.1. The van der Waals surface area contributed by atoms with E-state index in [0.717, 1.165) is 4.47 Å². The lowest BCUT2D eigenvalue weighted by Crippen LogP contribution is -2.54. The third-order valence-corrected chi connectivity index (χ3v) is 2.61. The Kier molecular flexibility index (Phi) is 4.89. The topological polar surface area (TPSA) is 53.9 Å². The fourth-order valence-electron chi connectivity index (χ4n) is 1.36. The van der Waals surface area contributed by atoms with Crippen LogP contribution in [0.3, 0.4) is 0 Å². The molecule has 16 heavy (non-hydrogen) atoms. The van der Waals surface area contributed by atoms with Gasteiger partial charge in [-0.15, -0.1) is 0 Å². The van der Waals surface area contributed by atoms with Gasteiger partial charge in [0.05, 0.1) is 6.61 Å². The molecule has 0 bridgehead atoms.